The zero-order chi connectivity index (χ0) is 22.9. The average molecular weight is 439 g/mol. The van der Waals surface area contributed by atoms with Crippen molar-refractivity contribution in [1.82, 2.24) is 5.32 Å². The molecule has 0 bridgehead atoms. The third-order valence-electron chi connectivity index (χ3n) is 4.88. The Kier molecular flexibility index (Phi) is 6.91. The predicted molar refractivity (Wildman–Crippen MR) is 115 cm³/mol. The number of carbonyl (C=O) groups is 1. The zero-order valence-electron chi connectivity index (χ0n) is 18.0. The van der Waals surface area contributed by atoms with Crippen molar-refractivity contribution in [3.05, 3.63) is 65.2 Å². The van der Waals surface area contributed by atoms with Crippen LogP contribution in [0.1, 0.15) is 51.8 Å². The van der Waals surface area contributed by atoms with Gasteiger partial charge in [-0.25, -0.2) is 17.2 Å². The van der Waals surface area contributed by atoms with Crippen LogP contribution in [0.15, 0.2) is 42.5 Å². The molecule has 8 heteroatoms. The maximum Gasteiger partial charge on any atom is 0.244 e. The lowest BCUT2D eigenvalue weighted by Gasteiger charge is -2.29. The second-order valence-electron chi connectivity index (χ2n) is 8.44. The summed E-state index contributed by atoms with van der Waals surface area (Å²) in [5.74, 6) is -2.85. The van der Waals surface area contributed by atoms with Crippen LogP contribution in [-0.2, 0) is 20.2 Å². The summed E-state index contributed by atoms with van der Waals surface area (Å²) in [6, 6.07) is 8.98. The van der Waals surface area contributed by atoms with E-state index in [1.54, 1.807) is 6.92 Å². The van der Waals surface area contributed by atoms with E-state index in [0.717, 1.165) is 39.9 Å². The summed E-state index contributed by atoms with van der Waals surface area (Å²) in [5, 5.41) is 2.79. The number of nitrogens with zero attached hydrogens (tertiary/aromatic N) is 1. The van der Waals surface area contributed by atoms with Gasteiger partial charge in [0.2, 0.25) is 15.9 Å². The molecule has 2 rings (SSSR count). The molecule has 0 fully saturated rings. The molecule has 0 saturated heterocycles. The highest BCUT2D eigenvalue weighted by Gasteiger charge is 2.30. The summed E-state index contributed by atoms with van der Waals surface area (Å²) in [6.07, 6.45) is 0.909. The summed E-state index contributed by atoms with van der Waals surface area (Å²) in [6.45, 7) is 9.50. The van der Waals surface area contributed by atoms with E-state index in [2.05, 4.69) is 26.1 Å². The molecule has 1 amide bonds. The number of sulfonamides is 1. The highest BCUT2D eigenvalue weighted by atomic mass is 32.2. The fraction of sp³-hybridized carbons (Fsp3) is 0.409. The standard InChI is InChI=1S/C22H28F2N2O3S/c1-14(16-7-9-17(10-8-16)22(3,4)5)25-21(27)15(2)26(30(6,28)29)18-11-12-19(23)20(24)13-18/h7-15H,1-6H3,(H,25,27)/t14-,15-/m1/s1. The van der Waals surface area contributed by atoms with Crippen molar-refractivity contribution in [2.24, 2.45) is 0 Å². The van der Waals surface area contributed by atoms with Crippen LogP contribution >= 0.6 is 0 Å². The van der Waals surface area contributed by atoms with Crippen LogP contribution in [0.5, 0.6) is 0 Å². The minimum Gasteiger partial charge on any atom is -0.348 e. The summed E-state index contributed by atoms with van der Waals surface area (Å²) in [5.41, 5.74) is 1.89. The van der Waals surface area contributed by atoms with Crippen molar-refractivity contribution < 1.29 is 22.0 Å². The Morgan fingerprint density at radius 2 is 1.57 bits per heavy atom. The smallest absolute Gasteiger partial charge is 0.244 e. The van der Waals surface area contributed by atoms with E-state index in [9.17, 15) is 22.0 Å². The van der Waals surface area contributed by atoms with E-state index in [1.165, 1.54) is 6.92 Å². The first-order chi connectivity index (χ1) is 13.7. The number of hydrogen-bond donors (Lipinski definition) is 1. The van der Waals surface area contributed by atoms with E-state index in [-0.39, 0.29) is 17.1 Å². The molecule has 0 spiro atoms. The van der Waals surface area contributed by atoms with Gasteiger partial charge in [0.05, 0.1) is 18.0 Å². The van der Waals surface area contributed by atoms with Crippen LogP contribution in [0.25, 0.3) is 0 Å². The molecule has 0 aliphatic carbocycles. The number of hydrogen-bond acceptors (Lipinski definition) is 3. The quantitative estimate of drug-likeness (QED) is 0.732. The molecule has 0 aliphatic rings. The number of amides is 1. The minimum absolute atomic E-state index is 0.0000508. The number of carbonyl (C=O) groups excluding carboxylic acids is 1. The van der Waals surface area contributed by atoms with E-state index in [1.807, 2.05) is 24.3 Å². The SMILES string of the molecule is C[C@H](C(=O)N[C@H](C)c1ccc(C(C)(C)C)cc1)N(c1ccc(F)c(F)c1)S(C)(=O)=O. The number of nitrogens with one attached hydrogen (secondary N) is 1. The van der Waals surface area contributed by atoms with Gasteiger partial charge < -0.3 is 5.32 Å². The summed E-state index contributed by atoms with van der Waals surface area (Å²) in [7, 11) is -3.93. The predicted octanol–water partition coefficient (Wildman–Crippen LogP) is 4.29. The molecule has 0 aliphatic heterocycles. The van der Waals surface area contributed by atoms with Crippen molar-refractivity contribution in [3.8, 4) is 0 Å². The molecular formula is C22H28F2N2O3S. The fourth-order valence-corrected chi connectivity index (χ4v) is 4.29. The van der Waals surface area contributed by atoms with Gasteiger partial charge in [0.15, 0.2) is 11.6 Å². The van der Waals surface area contributed by atoms with Gasteiger partial charge >= 0.3 is 0 Å². The van der Waals surface area contributed by atoms with Crippen molar-refractivity contribution in [2.45, 2.75) is 52.1 Å². The summed E-state index contributed by atoms with van der Waals surface area (Å²) in [4.78, 5) is 12.8. The molecule has 5 nitrogen and oxygen atoms in total. The molecule has 0 heterocycles. The Balaban J connectivity index is 2.23. The molecular weight excluding hydrogens is 410 g/mol. The van der Waals surface area contributed by atoms with E-state index in [4.69, 9.17) is 0 Å². The summed E-state index contributed by atoms with van der Waals surface area (Å²) >= 11 is 0. The monoisotopic (exact) mass is 438 g/mol. The first-order valence-corrected chi connectivity index (χ1v) is 11.4. The maximum atomic E-state index is 13.6. The van der Waals surface area contributed by atoms with Crippen LogP contribution in [0.4, 0.5) is 14.5 Å². The Morgan fingerprint density at radius 3 is 2.03 bits per heavy atom. The number of anilines is 1. The minimum atomic E-state index is -3.93. The van der Waals surface area contributed by atoms with E-state index >= 15 is 0 Å². The van der Waals surface area contributed by atoms with Crippen LogP contribution in [0.3, 0.4) is 0 Å². The molecule has 2 aromatic carbocycles. The van der Waals surface area contributed by atoms with Crippen molar-refractivity contribution in [1.29, 1.82) is 0 Å². The highest BCUT2D eigenvalue weighted by Crippen LogP contribution is 2.25. The van der Waals surface area contributed by atoms with Crippen molar-refractivity contribution in [2.75, 3.05) is 10.6 Å². The van der Waals surface area contributed by atoms with Crippen LogP contribution in [0.2, 0.25) is 0 Å². The zero-order valence-corrected chi connectivity index (χ0v) is 18.8. The number of rotatable bonds is 6. The number of halogens is 2. The van der Waals surface area contributed by atoms with Crippen molar-refractivity contribution in [3.63, 3.8) is 0 Å². The Morgan fingerprint density at radius 1 is 1.00 bits per heavy atom. The van der Waals surface area contributed by atoms with Gasteiger partial charge in [0, 0.05) is 6.07 Å². The maximum absolute atomic E-state index is 13.6. The Labute approximate surface area is 177 Å². The first kappa shape index (κ1) is 23.8. The van der Waals surface area contributed by atoms with Crippen molar-refractivity contribution >= 4 is 21.6 Å². The third-order valence-corrected chi connectivity index (χ3v) is 6.12. The van der Waals surface area contributed by atoms with Gasteiger partial charge in [-0.2, -0.15) is 0 Å². The van der Waals surface area contributed by atoms with Crippen LogP contribution < -0.4 is 9.62 Å². The molecule has 164 valence electrons. The lowest BCUT2D eigenvalue weighted by Crippen LogP contribution is -2.48. The highest BCUT2D eigenvalue weighted by molar-refractivity contribution is 7.92. The molecule has 0 radical (unpaired) electrons. The van der Waals surface area contributed by atoms with Crippen LogP contribution in [0, 0.1) is 11.6 Å². The molecule has 1 N–H and O–H groups in total. The van der Waals surface area contributed by atoms with Gasteiger partial charge in [-0.05, 0) is 42.5 Å². The van der Waals surface area contributed by atoms with Gasteiger partial charge in [0.1, 0.15) is 6.04 Å². The van der Waals surface area contributed by atoms with E-state index in [0.29, 0.717) is 0 Å². The lowest BCUT2D eigenvalue weighted by atomic mass is 9.86. The normalized spacial score (nSPS) is 14.1. The first-order valence-electron chi connectivity index (χ1n) is 9.57. The fourth-order valence-electron chi connectivity index (χ4n) is 3.12. The Bertz CT molecular complexity index is 1020. The second-order valence-corrected chi connectivity index (χ2v) is 10.3. The lowest BCUT2D eigenvalue weighted by molar-refractivity contribution is -0.122. The molecule has 0 saturated carbocycles. The summed E-state index contributed by atoms with van der Waals surface area (Å²) < 4.78 is 52.3. The van der Waals surface area contributed by atoms with Crippen LogP contribution in [-0.4, -0.2) is 26.6 Å². The van der Waals surface area contributed by atoms with Gasteiger partial charge in [-0.1, -0.05) is 45.0 Å². The molecule has 0 aromatic heterocycles. The van der Waals surface area contributed by atoms with Gasteiger partial charge in [0.25, 0.3) is 0 Å². The van der Waals surface area contributed by atoms with E-state index < -0.39 is 33.6 Å². The topological polar surface area (TPSA) is 66.5 Å². The Hall–Kier alpha value is -2.48. The van der Waals surface area contributed by atoms with Gasteiger partial charge in [-0.3, -0.25) is 9.10 Å². The largest absolute Gasteiger partial charge is 0.348 e. The third kappa shape index (κ3) is 5.56. The molecule has 0 unspecified atom stereocenters. The molecule has 2 aromatic rings. The van der Waals surface area contributed by atoms with Gasteiger partial charge in [-0.15, -0.1) is 0 Å². The second kappa shape index (κ2) is 8.71. The number of benzene rings is 2. The average Bonchev–Trinajstić information content (AvgIpc) is 2.63. The molecule has 30 heavy (non-hydrogen) atoms. The molecule has 2 atom stereocenters.